The third kappa shape index (κ3) is 4.80. The molecule has 1 aliphatic heterocycles. The summed E-state index contributed by atoms with van der Waals surface area (Å²) in [6.45, 7) is 2.22. The fraction of sp³-hybridized carbons (Fsp3) is 0.286. The molecule has 0 aliphatic carbocycles. The number of nitrogens with one attached hydrogen (secondary N) is 2. The van der Waals surface area contributed by atoms with E-state index in [4.69, 9.17) is 4.74 Å². The molecule has 1 aromatic carbocycles. The highest BCUT2D eigenvalue weighted by molar-refractivity contribution is 5.64. The molecule has 2 N–H and O–H groups in total. The average Bonchev–Trinajstić information content (AvgIpc) is 3.26. The second-order valence-electron chi connectivity index (χ2n) is 6.56. The summed E-state index contributed by atoms with van der Waals surface area (Å²) >= 11 is 0. The first-order valence-electron chi connectivity index (χ1n) is 9.29. The number of aromatic nitrogens is 3. The van der Waals surface area contributed by atoms with E-state index in [9.17, 15) is 0 Å². The Morgan fingerprint density at radius 1 is 1.04 bits per heavy atom. The lowest BCUT2D eigenvalue weighted by atomic mass is 10.1. The van der Waals surface area contributed by atoms with E-state index < -0.39 is 0 Å². The van der Waals surface area contributed by atoms with Gasteiger partial charge in [-0.1, -0.05) is 36.4 Å². The highest BCUT2D eigenvalue weighted by atomic mass is 16.5. The van der Waals surface area contributed by atoms with E-state index in [2.05, 4.69) is 37.7 Å². The summed E-state index contributed by atoms with van der Waals surface area (Å²) in [6, 6.07) is 16.1. The first-order chi connectivity index (χ1) is 13.4. The lowest BCUT2D eigenvalue weighted by Gasteiger charge is -2.14. The van der Waals surface area contributed by atoms with Crippen molar-refractivity contribution < 1.29 is 4.74 Å². The molecule has 3 aromatic rings. The van der Waals surface area contributed by atoms with Crippen LogP contribution in [0, 0.1) is 0 Å². The van der Waals surface area contributed by atoms with E-state index in [1.54, 1.807) is 6.20 Å². The first kappa shape index (κ1) is 17.4. The number of rotatable bonds is 7. The molecular weight excluding hydrogens is 338 g/mol. The second kappa shape index (κ2) is 8.60. The van der Waals surface area contributed by atoms with Crippen molar-refractivity contribution in [1.29, 1.82) is 0 Å². The number of nitrogens with zero attached hydrogens (tertiary/aromatic N) is 3. The number of hydrogen-bond donors (Lipinski definition) is 2. The molecule has 1 saturated heterocycles. The molecule has 6 heteroatoms. The lowest BCUT2D eigenvalue weighted by molar-refractivity contribution is 0.120. The Kier molecular flexibility index (Phi) is 5.55. The molecule has 0 spiro atoms. The normalized spacial score (nSPS) is 16.2. The maximum atomic E-state index is 5.68. The van der Waals surface area contributed by atoms with Gasteiger partial charge in [-0.05, 0) is 24.5 Å². The van der Waals surface area contributed by atoms with E-state index in [-0.39, 0.29) is 6.10 Å². The maximum absolute atomic E-state index is 5.68. The van der Waals surface area contributed by atoms with Gasteiger partial charge >= 0.3 is 0 Å². The molecular formula is C21H23N5O. The predicted molar refractivity (Wildman–Crippen MR) is 106 cm³/mol. The molecule has 1 aliphatic rings. The van der Waals surface area contributed by atoms with Crippen LogP contribution in [0.15, 0.2) is 60.9 Å². The molecule has 138 valence electrons. The van der Waals surface area contributed by atoms with Gasteiger partial charge < -0.3 is 15.4 Å². The molecule has 1 fully saturated rings. The van der Waals surface area contributed by atoms with E-state index in [0.29, 0.717) is 12.5 Å². The van der Waals surface area contributed by atoms with Gasteiger partial charge in [0.25, 0.3) is 0 Å². The highest BCUT2D eigenvalue weighted by Crippen LogP contribution is 2.22. The molecule has 1 unspecified atom stereocenters. The summed E-state index contributed by atoms with van der Waals surface area (Å²) in [7, 11) is 0. The lowest BCUT2D eigenvalue weighted by Crippen LogP contribution is -2.20. The van der Waals surface area contributed by atoms with Gasteiger partial charge in [-0.2, -0.15) is 4.98 Å². The van der Waals surface area contributed by atoms with Crippen molar-refractivity contribution in [2.45, 2.75) is 25.5 Å². The number of pyridine rings is 1. The molecule has 0 amide bonds. The van der Waals surface area contributed by atoms with Crippen molar-refractivity contribution in [3.05, 3.63) is 66.5 Å². The van der Waals surface area contributed by atoms with Crippen LogP contribution >= 0.6 is 0 Å². The van der Waals surface area contributed by atoms with Crippen LogP contribution in [0.4, 0.5) is 11.8 Å². The van der Waals surface area contributed by atoms with Gasteiger partial charge in [0.05, 0.1) is 11.8 Å². The van der Waals surface area contributed by atoms with Crippen molar-refractivity contribution in [3.8, 4) is 11.3 Å². The van der Waals surface area contributed by atoms with Crippen molar-refractivity contribution in [2.24, 2.45) is 0 Å². The van der Waals surface area contributed by atoms with Gasteiger partial charge in [-0.25, -0.2) is 4.98 Å². The Morgan fingerprint density at radius 3 is 2.74 bits per heavy atom. The average molecular weight is 361 g/mol. The van der Waals surface area contributed by atoms with Crippen molar-refractivity contribution in [1.82, 2.24) is 15.0 Å². The zero-order valence-corrected chi connectivity index (χ0v) is 15.1. The Bertz CT molecular complexity index is 851. The third-order valence-electron chi connectivity index (χ3n) is 4.50. The fourth-order valence-corrected chi connectivity index (χ4v) is 3.08. The van der Waals surface area contributed by atoms with Gasteiger partial charge in [-0.3, -0.25) is 4.98 Å². The summed E-state index contributed by atoms with van der Waals surface area (Å²) in [5, 5.41) is 6.71. The summed E-state index contributed by atoms with van der Waals surface area (Å²) in [4.78, 5) is 13.5. The van der Waals surface area contributed by atoms with E-state index in [0.717, 1.165) is 48.6 Å². The smallest absolute Gasteiger partial charge is 0.225 e. The molecule has 27 heavy (non-hydrogen) atoms. The minimum atomic E-state index is 0.237. The van der Waals surface area contributed by atoms with Crippen LogP contribution in [0.1, 0.15) is 18.4 Å². The highest BCUT2D eigenvalue weighted by Gasteiger charge is 2.16. The molecule has 2 aromatic heterocycles. The van der Waals surface area contributed by atoms with Gasteiger partial charge in [-0.15, -0.1) is 0 Å². The molecule has 4 rings (SSSR count). The molecule has 1 atom stereocenters. The molecule has 0 saturated carbocycles. The number of anilines is 2. The Morgan fingerprint density at radius 2 is 1.96 bits per heavy atom. The second-order valence-corrected chi connectivity index (χ2v) is 6.56. The summed E-state index contributed by atoms with van der Waals surface area (Å²) < 4.78 is 5.68. The van der Waals surface area contributed by atoms with Gasteiger partial charge in [0.2, 0.25) is 5.95 Å². The number of ether oxygens (including phenoxy) is 1. The van der Waals surface area contributed by atoms with Crippen LogP contribution in [-0.2, 0) is 11.3 Å². The van der Waals surface area contributed by atoms with Crippen molar-refractivity contribution >= 4 is 11.8 Å². The van der Waals surface area contributed by atoms with E-state index in [1.807, 2.05) is 42.6 Å². The van der Waals surface area contributed by atoms with Gasteiger partial charge in [0, 0.05) is 43.7 Å². The first-order valence-corrected chi connectivity index (χ1v) is 9.29. The minimum Gasteiger partial charge on any atom is -0.376 e. The van der Waals surface area contributed by atoms with E-state index >= 15 is 0 Å². The van der Waals surface area contributed by atoms with Crippen LogP contribution in [0.5, 0.6) is 0 Å². The zero-order chi connectivity index (χ0) is 18.3. The monoisotopic (exact) mass is 361 g/mol. The number of hydrogen-bond acceptors (Lipinski definition) is 6. The Balaban J connectivity index is 1.53. The molecule has 0 radical (unpaired) electrons. The van der Waals surface area contributed by atoms with Crippen molar-refractivity contribution in [2.75, 3.05) is 23.8 Å². The van der Waals surface area contributed by atoms with Crippen LogP contribution in [0.25, 0.3) is 11.3 Å². The summed E-state index contributed by atoms with van der Waals surface area (Å²) in [5.74, 6) is 1.39. The fourth-order valence-electron chi connectivity index (χ4n) is 3.08. The molecule has 3 heterocycles. The Labute approximate surface area is 159 Å². The largest absolute Gasteiger partial charge is 0.376 e. The van der Waals surface area contributed by atoms with Crippen LogP contribution in [0.3, 0.4) is 0 Å². The van der Waals surface area contributed by atoms with Gasteiger partial charge in [0.15, 0.2) is 0 Å². The minimum absolute atomic E-state index is 0.237. The van der Waals surface area contributed by atoms with Crippen LogP contribution in [-0.4, -0.2) is 34.2 Å². The molecule has 0 bridgehead atoms. The number of benzene rings is 1. The Hall–Kier alpha value is -2.99. The van der Waals surface area contributed by atoms with Crippen molar-refractivity contribution in [3.63, 3.8) is 0 Å². The van der Waals surface area contributed by atoms with Crippen LogP contribution in [0.2, 0.25) is 0 Å². The summed E-state index contributed by atoms with van der Waals surface area (Å²) in [5.41, 5.74) is 3.05. The predicted octanol–water partition coefficient (Wildman–Crippen LogP) is 3.74. The molecule has 6 nitrogen and oxygen atoms in total. The van der Waals surface area contributed by atoms with E-state index in [1.165, 1.54) is 0 Å². The zero-order valence-electron chi connectivity index (χ0n) is 15.1. The topological polar surface area (TPSA) is 72.0 Å². The van der Waals surface area contributed by atoms with Crippen LogP contribution < -0.4 is 10.6 Å². The maximum Gasteiger partial charge on any atom is 0.225 e. The standard InChI is InChI=1S/C21H23N5O/c1-2-7-17(8-3-1)19-12-20(23-14-16-6-4-10-22-13-16)26-21(25-19)24-15-18-9-5-11-27-18/h1-4,6-8,10,12-13,18H,5,9,11,14-15H2,(H2,23,24,25,26). The van der Waals surface area contributed by atoms with Gasteiger partial charge in [0.1, 0.15) is 5.82 Å². The quantitative estimate of drug-likeness (QED) is 0.668. The SMILES string of the molecule is c1ccc(-c2cc(NCc3cccnc3)nc(NCC3CCCO3)n2)cc1. The third-order valence-corrected chi connectivity index (χ3v) is 4.50. The summed E-state index contributed by atoms with van der Waals surface area (Å²) in [6.07, 6.45) is 6.06.